The predicted octanol–water partition coefficient (Wildman–Crippen LogP) is 2.72. The highest BCUT2D eigenvalue weighted by Crippen LogP contribution is 2.23. The van der Waals surface area contributed by atoms with Crippen LogP contribution in [0.15, 0.2) is 48.5 Å². The molecule has 0 atom stereocenters. The number of hydrogen-bond donors (Lipinski definition) is 2. The molecule has 0 spiro atoms. The van der Waals surface area contributed by atoms with E-state index in [4.69, 9.17) is 14.6 Å². The summed E-state index contributed by atoms with van der Waals surface area (Å²) in [5.41, 5.74) is 3.57. The van der Waals surface area contributed by atoms with Crippen LogP contribution in [0.5, 0.6) is 0 Å². The molecule has 0 bridgehead atoms. The molecular weight excluding hydrogens is 294 g/mol. The fourth-order valence-corrected chi connectivity index (χ4v) is 2.46. The summed E-state index contributed by atoms with van der Waals surface area (Å²) >= 11 is 0. The Bertz CT molecular complexity index is 646. The number of hydrogen-bond acceptors (Lipinski definition) is 4. The van der Waals surface area contributed by atoms with Crippen LogP contribution in [0.25, 0.3) is 0 Å². The normalized spacial score (nSPS) is 15.0. The number of benzene rings is 2. The Morgan fingerprint density at radius 3 is 2.00 bits per heavy atom. The number of ether oxygens (including phenoxy) is 2. The van der Waals surface area contributed by atoms with Crippen LogP contribution in [0.3, 0.4) is 0 Å². The lowest BCUT2D eigenvalue weighted by Crippen LogP contribution is -2.13. The molecule has 2 aromatic carbocycles. The molecule has 0 aliphatic carbocycles. The van der Waals surface area contributed by atoms with Crippen molar-refractivity contribution < 1.29 is 19.4 Å². The summed E-state index contributed by atoms with van der Waals surface area (Å²) in [4.78, 5) is 10.8. The lowest BCUT2D eigenvalue weighted by atomic mass is 10.1. The smallest absolute Gasteiger partial charge is 0.335 e. The first-order valence-corrected chi connectivity index (χ1v) is 7.57. The van der Waals surface area contributed by atoms with Crippen LogP contribution in [0, 0.1) is 0 Å². The van der Waals surface area contributed by atoms with Crippen molar-refractivity contribution in [3.8, 4) is 0 Å². The van der Waals surface area contributed by atoms with Crippen LogP contribution in [-0.2, 0) is 22.6 Å². The van der Waals surface area contributed by atoms with Gasteiger partial charge in [-0.3, -0.25) is 0 Å². The maximum absolute atomic E-state index is 10.8. The van der Waals surface area contributed by atoms with Gasteiger partial charge < -0.3 is 19.9 Å². The van der Waals surface area contributed by atoms with Gasteiger partial charge in [0.15, 0.2) is 6.29 Å². The lowest BCUT2D eigenvalue weighted by molar-refractivity contribution is -0.0441. The highest BCUT2D eigenvalue weighted by Gasteiger charge is 2.17. The van der Waals surface area contributed by atoms with Crippen molar-refractivity contribution in [1.82, 2.24) is 5.32 Å². The third-order valence-corrected chi connectivity index (χ3v) is 3.73. The van der Waals surface area contributed by atoms with E-state index in [1.807, 2.05) is 24.3 Å². The van der Waals surface area contributed by atoms with Crippen molar-refractivity contribution in [1.29, 1.82) is 0 Å². The Morgan fingerprint density at radius 2 is 1.48 bits per heavy atom. The summed E-state index contributed by atoms with van der Waals surface area (Å²) in [5, 5.41) is 12.2. The number of carboxylic acids is 1. The molecule has 0 radical (unpaired) electrons. The zero-order valence-corrected chi connectivity index (χ0v) is 12.7. The van der Waals surface area contributed by atoms with E-state index in [9.17, 15) is 4.79 Å². The molecule has 2 N–H and O–H groups in total. The Balaban J connectivity index is 1.49. The first-order valence-electron chi connectivity index (χ1n) is 7.57. The third kappa shape index (κ3) is 4.16. The number of aromatic carboxylic acids is 1. The van der Waals surface area contributed by atoms with E-state index in [1.165, 1.54) is 5.56 Å². The molecule has 1 heterocycles. The van der Waals surface area contributed by atoms with Gasteiger partial charge in [0.1, 0.15) is 0 Å². The molecule has 0 saturated carbocycles. The number of carboxylic acid groups (broad SMARTS) is 1. The molecule has 5 heteroatoms. The zero-order chi connectivity index (χ0) is 16.1. The fourth-order valence-electron chi connectivity index (χ4n) is 2.46. The van der Waals surface area contributed by atoms with E-state index in [-0.39, 0.29) is 6.29 Å². The molecular formula is C18H19NO4. The highest BCUT2D eigenvalue weighted by molar-refractivity contribution is 5.87. The highest BCUT2D eigenvalue weighted by atomic mass is 16.7. The summed E-state index contributed by atoms with van der Waals surface area (Å²) in [5.74, 6) is -0.903. The summed E-state index contributed by atoms with van der Waals surface area (Å²) in [6.45, 7) is 2.73. The Kier molecular flexibility index (Phi) is 5.02. The van der Waals surface area contributed by atoms with Crippen LogP contribution in [0.2, 0.25) is 0 Å². The van der Waals surface area contributed by atoms with E-state index in [0.717, 1.165) is 17.7 Å². The minimum absolute atomic E-state index is 0.232. The van der Waals surface area contributed by atoms with Crippen molar-refractivity contribution in [3.63, 3.8) is 0 Å². The Hall–Kier alpha value is -2.21. The fraction of sp³-hybridized carbons (Fsp3) is 0.278. The van der Waals surface area contributed by atoms with E-state index < -0.39 is 5.97 Å². The quantitative estimate of drug-likeness (QED) is 0.858. The molecule has 0 unspecified atom stereocenters. The van der Waals surface area contributed by atoms with E-state index in [0.29, 0.717) is 25.3 Å². The topological polar surface area (TPSA) is 67.8 Å². The van der Waals surface area contributed by atoms with Crippen molar-refractivity contribution in [2.75, 3.05) is 13.2 Å². The van der Waals surface area contributed by atoms with Gasteiger partial charge in [-0.1, -0.05) is 36.4 Å². The van der Waals surface area contributed by atoms with Gasteiger partial charge in [0.25, 0.3) is 0 Å². The van der Waals surface area contributed by atoms with E-state index in [1.54, 1.807) is 12.1 Å². The lowest BCUT2D eigenvalue weighted by Gasteiger charge is -2.10. The molecule has 1 aliphatic rings. The number of rotatable bonds is 6. The van der Waals surface area contributed by atoms with Crippen molar-refractivity contribution in [2.45, 2.75) is 19.4 Å². The second kappa shape index (κ2) is 7.37. The molecule has 5 nitrogen and oxygen atoms in total. The molecule has 1 saturated heterocycles. The van der Waals surface area contributed by atoms with Crippen molar-refractivity contribution >= 4 is 5.97 Å². The average molecular weight is 313 g/mol. The van der Waals surface area contributed by atoms with Crippen LogP contribution >= 0.6 is 0 Å². The standard InChI is InChI=1S/C18H19NO4/c20-17(21)15-5-1-13(2-6-15)11-19-12-14-3-7-16(8-4-14)18-22-9-10-23-18/h1-8,18-19H,9-12H2,(H,20,21). The third-order valence-electron chi connectivity index (χ3n) is 3.73. The summed E-state index contributed by atoms with van der Waals surface area (Å²) in [6.07, 6.45) is -0.232. The predicted molar refractivity (Wildman–Crippen MR) is 85.0 cm³/mol. The molecule has 120 valence electrons. The minimum Gasteiger partial charge on any atom is -0.478 e. The Labute approximate surface area is 134 Å². The second-order valence-corrected chi connectivity index (χ2v) is 5.42. The number of carbonyl (C=O) groups is 1. The van der Waals surface area contributed by atoms with Gasteiger partial charge in [-0.2, -0.15) is 0 Å². The molecule has 2 aromatic rings. The molecule has 23 heavy (non-hydrogen) atoms. The molecule has 0 amide bonds. The van der Waals surface area contributed by atoms with Gasteiger partial charge in [-0.15, -0.1) is 0 Å². The van der Waals surface area contributed by atoms with Crippen LogP contribution in [0.4, 0.5) is 0 Å². The minimum atomic E-state index is -0.903. The van der Waals surface area contributed by atoms with Gasteiger partial charge in [0.2, 0.25) is 0 Å². The van der Waals surface area contributed by atoms with E-state index >= 15 is 0 Å². The van der Waals surface area contributed by atoms with E-state index in [2.05, 4.69) is 17.4 Å². The Morgan fingerprint density at radius 1 is 0.957 bits per heavy atom. The van der Waals surface area contributed by atoms with Crippen LogP contribution < -0.4 is 5.32 Å². The maximum Gasteiger partial charge on any atom is 0.335 e. The van der Waals surface area contributed by atoms with Gasteiger partial charge in [0.05, 0.1) is 18.8 Å². The summed E-state index contributed by atoms with van der Waals surface area (Å²) < 4.78 is 10.9. The number of nitrogens with one attached hydrogen (secondary N) is 1. The monoisotopic (exact) mass is 313 g/mol. The average Bonchev–Trinajstić information content (AvgIpc) is 3.10. The summed E-state index contributed by atoms with van der Waals surface area (Å²) in [7, 11) is 0. The van der Waals surface area contributed by atoms with Gasteiger partial charge in [-0.05, 0) is 23.3 Å². The molecule has 0 aromatic heterocycles. The molecule has 1 aliphatic heterocycles. The van der Waals surface area contributed by atoms with Crippen molar-refractivity contribution in [2.24, 2.45) is 0 Å². The van der Waals surface area contributed by atoms with Crippen molar-refractivity contribution in [3.05, 3.63) is 70.8 Å². The zero-order valence-electron chi connectivity index (χ0n) is 12.7. The maximum atomic E-state index is 10.8. The summed E-state index contributed by atoms with van der Waals surface area (Å²) in [6, 6.07) is 15.1. The SMILES string of the molecule is O=C(O)c1ccc(CNCc2ccc(C3OCCO3)cc2)cc1. The van der Waals surface area contributed by atoms with Gasteiger partial charge in [0, 0.05) is 18.7 Å². The first-order chi connectivity index (χ1) is 11.2. The molecule has 3 rings (SSSR count). The first kappa shape index (κ1) is 15.7. The largest absolute Gasteiger partial charge is 0.478 e. The molecule has 1 fully saturated rings. The second-order valence-electron chi connectivity index (χ2n) is 5.42. The van der Waals surface area contributed by atoms with Crippen LogP contribution in [0.1, 0.15) is 33.3 Å². The van der Waals surface area contributed by atoms with Gasteiger partial charge in [-0.25, -0.2) is 4.79 Å². The van der Waals surface area contributed by atoms with Crippen LogP contribution in [-0.4, -0.2) is 24.3 Å². The van der Waals surface area contributed by atoms with Gasteiger partial charge >= 0.3 is 5.97 Å².